The van der Waals surface area contributed by atoms with Crippen LogP contribution in [-0.4, -0.2) is 41.6 Å². The van der Waals surface area contributed by atoms with E-state index in [1.54, 1.807) is 0 Å². The number of nitrogens with two attached hydrogens (primary N) is 1. The fourth-order valence-corrected chi connectivity index (χ4v) is 2.88. The zero-order valence-electron chi connectivity index (χ0n) is 9.91. The average Bonchev–Trinajstić information content (AvgIpc) is 2.97. The number of likely N-dealkylation sites (tertiary alicyclic amines) is 1. The van der Waals surface area contributed by atoms with Crippen LogP contribution in [0.2, 0.25) is 0 Å². The first-order valence-electron chi connectivity index (χ1n) is 6.33. The quantitative estimate of drug-likeness (QED) is 0.481. The minimum atomic E-state index is 0.274. The van der Waals surface area contributed by atoms with Crippen molar-refractivity contribution in [3.05, 3.63) is 0 Å². The first-order chi connectivity index (χ1) is 7.65. The molecule has 1 heterocycles. The Balaban J connectivity index is 1.89. The molecule has 16 heavy (non-hydrogen) atoms. The number of nitrogens with zero attached hydrogens (tertiary/aromatic N) is 1. The molecule has 0 bridgehead atoms. The van der Waals surface area contributed by atoms with Gasteiger partial charge in [0, 0.05) is 19.0 Å². The second-order valence-corrected chi connectivity index (χ2v) is 5.50. The third-order valence-corrected chi connectivity index (χ3v) is 4.02. The average molecular weight is 225 g/mol. The molecule has 92 valence electrons. The van der Waals surface area contributed by atoms with Crippen LogP contribution in [0.15, 0.2) is 0 Å². The number of piperidine rings is 1. The van der Waals surface area contributed by atoms with Gasteiger partial charge in [-0.3, -0.25) is 10.3 Å². The van der Waals surface area contributed by atoms with Gasteiger partial charge < -0.3 is 10.8 Å². The summed E-state index contributed by atoms with van der Waals surface area (Å²) in [6.07, 6.45) is 6.73. The van der Waals surface area contributed by atoms with Gasteiger partial charge in [0.15, 0.2) is 0 Å². The van der Waals surface area contributed by atoms with E-state index >= 15 is 0 Å². The first-order valence-corrected chi connectivity index (χ1v) is 6.33. The molecule has 4 nitrogen and oxygen atoms in total. The zero-order chi connectivity index (χ0) is 11.6. The Labute approximate surface area is 97.3 Å². The molecule has 4 N–H and O–H groups in total. The summed E-state index contributed by atoms with van der Waals surface area (Å²) in [5.74, 6) is 0.315. The van der Waals surface area contributed by atoms with Gasteiger partial charge in [0.05, 0.1) is 12.4 Å². The number of hydrogen-bond donors (Lipinski definition) is 3. The van der Waals surface area contributed by atoms with Crippen LogP contribution in [0.3, 0.4) is 0 Å². The maximum atomic E-state index is 9.35. The SMILES string of the molecule is N=C(N)CC1(CN2CCCCC2CO)CC1. The molecule has 0 spiro atoms. The summed E-state index contributed by atoms with van der Waals surface area (Å²) in [4.78, 5) is 2.42. The first kappa shape index (κ1) is 11.9. The van der Waals surface area contributed by atoms with Crippen molar-refractivity contribution < 1.29 is 5.11 Å². The van der Waals surface area contributed by atoms with E-state index in [-0.39, 0.29) is 12.0 Å². The van der Waals surface area contributed by atoms with Crippen LogP contribution in [0.1, 0.15) is 38.5 Å². The molecule has 2 aliphatic rings. The van der Waals surface area contributed by atoms with Gasteiger partial charge in [-0.25, -0.2) is 0 Å². The summed E-state index contributed by atoms with van der Waals surface area (Å²) >= 11 is 0. The molecule has 1 aliphatic heterocycles. The normalized spacial score (nSPS) is 28.9. The molecule has 1 unspecified atom stereocenters. The minimum Gasteiger partial charge on any atom is -0.395 e. The smallest absolute Gasteiger partial charge is 0.0911 e. The van der Waals surface area contributed by atoms with E-state index in [4.69, 9.17) is 11.1 Å². The van der Waals surface area contributed by atoms with E-state index in [1.165, 1.54) is 25.7 Å². The Bertz CT molecular complexity index is 263. The maximum absolute atomic E-state index is 9.35. The van der Waals surface area contributed by atoms with Crippen molar-refractivity contribution in [2.24, 2.45) is 11.1 Å². The predicted octanol–water partition coefficient (Wildman–Crippen LogP) is 0.939. The van der Waals surface area contributed by atoms with E-state index in [0.717, 1.165) is 25.9 Å². The van der Waals surface area contributed by atoms with Crippen LogP contribution < -0.4 is 5.73 Å². The van der Waals surface area contributed by atoms with Crippen LogP contribution in [0.5, 0.6) is 0 Å². The van der Waals surface area contributed by atoms with Crippen LogP contribution in [0.4, 0.5) is 0 Å². The number of hydrogen-bond acceptors (Lipinski definition) is 3. The summed E-state index contributed by atoms with van der Waals surface area (Å²) in [6.45, 7) is 2.40. The minimum absolute atomic E-state index is 0.274. The molecule has 0 aromatic rings. The molecular weight excluding hydrogens is 202 g/mol. The van der Waals surface area contributed by atoms with Gasteiger partial charge in [-0.2, -0.15) is 0 Å². The molecular formula is C12H23N3O. The predicted molar refractivity (Wildman–Crippen MR) is 64.5 cm³/mol. The summed E-state index contributed by atoms with van der Waals surface area (Å²) < 4.78 is 0. The van der Waals surface area contributed by atoms with Crippen LogP contribution in [-0.2, 0) is 0 Å². The number of aliphatic hydroxyl groups is 1. The lowest BCUT2D eigenvalue weighted by molar-refractivity contribution is 0.0727. The third-order valence-electron chi connectivity index (χ3n) is 4.02. The van der Waals surface area contributed by atoms with Crippen molar-refractivity contribution in [3.63, 3.8) is 0 Å². The Kier molecular flexibility index (Phi) is 3.50. The second-order valence-electron chi connectivity index (χ2n) is 5.50. The lowest BCUT2D eigenvalue weighted by Gasteiger charge is -2.37. The number of rotatable bonds is 5. The highest BCUT2D eigenvalue weighted by atomic mass is 16.3. The Morgan fingerprint density at radius 1 is 1.44 bits per heavy atom. The Morgan fingerprint density at radius 2 is 2.19 bits per heavy atom. The highest BCUT2D eigenvalue weighted by Crippen LogP contribution is 2.49. The fraction of sp³-hybridized carbons (Fsp3) is 0.917. The molecule has 0 aromatic heterocycles. The van der Waals surface area contributed by atoms with E-state index in [9.17, 15) is 5.11 Å². The molecule has 1 aliphatic carbocycles. The maximum Gasteiger partial charge on any atom is 0.0911 e. The molecule has 0 aromatic carbocycles. The fourth-order valence-electron chi connectivity index (χ4n) is 2.88. The number of amidine groups is 1. The number of nitrogens with one attached hydrogen (secondary N) is 1. The molecule has 1 saturated heterocycles. The molecule has 2 rings (SSSR count). The van der Waals surface area contributed by atoms with Crippen molar-refractivity contribution in [1.82, 2.24) is 4.90 Å². The third kappa shape index (κ3) is 2.74. The molecule has 1 atom stereocenters. The van der Waals surface area contributed by atoms with Crippen LogP contribution in [0.25, 0.3) is 0 Å². The molecule has 0 radical (unpaired) electrons. The Hall–Kier alpha value is -0.610. The van der Waals surface area contributed by atoms with Crippen molar-refractivity contribution in [1.29, 1.82) is 5.41 Å². The Morgan fingerprint density at radius 3 is 2.75 bits per heavy atom. The van der Waals surface area contributed by atoms with Crippen LogP contribution >= 0.6 is 0 Å². The van der Waals surface area contributed by atoms with Gasteiger partial charge in [-0.15, -0.1) is 0 Å². The summed E-state index contributed by atoms with van der Waals surface area (Å²) in [5, 5.41) is 16.8. The van der Waals surface area contributed by atoms with Gasteiger partial charge in [-0.05, 0) is 37.6 Å². The largest absolute Gasteiger partial charge is 0.395 e. The standard InChI is InChI=1S/C12H23N3O/c13-11(14)7-12(4-5-12)9-15-6-2-1-3-10(15)8-16/h10,16H,1-9H2,(H3,13,14). The van der Waals surface area contributed by atoms with Gasteiger partial charge in [0.1, 0.15) is 0 Å². The van der Waals surface area contributed by atoms with Gasteiger partial charge in [-0.1, -0.05) is 6.42 Å². The van der Waals surface area contributed by atoms with E-state index in [2.05, 4.69) is 4.90 Å². The topological polar surface area (TPSA) is 73.3 Å². The molecule has 2 fully saturated rings. The van der Waals surface area contributed by atoms with E-state index < -0.39 is 0 Å². The van der Waals surface area contributed by atoms with E-state index in [1.807, 2.05) is 0 Å². The second kappa shape index (κ2) is 4.72. The highest BCUT2D eigenvalue weighted by molar-refractivity contribution is 5.78. The lowest BCUT2D eigenvalue weighted by Crippen LogP contribution is -2.45. The van der Waals surface area contributed by atoms with Gasteiger partial charge >= 0.3 is 0 Å². The van der Waals surface area contributed by atoms with Crippen molar-refractivity contribution in [2.75, 3.05) is 19.7 Å². The van der Waals surface area contributed by atoms with Crippen molar-refractivity contribution in [3.8, 4) is 0 Å². The van der Waals surface area contributed by atoms with Crippen LogP contribution in [0, 0.1) is 10.8 Å². The van der Waals surface area contributed by atoms with E-state index in [0.29, 0.717) is 11.9 Å². The molecule has 1 saturated carbocycles. The van der Waals surface area contributed by atoms with Gasteiger partial charge in [0.2, 0.25) is 0 Å². The molecule has 4 heteroatoms. The summed E-state index contributed by atoms with van der Waals surface area (Å²) in [6, 6.07) is 0.346. The van der Waals surface area contributed by atoms with Crippen molar-refractivity contribution in [2.45, 2.75) is 44.6 Å². The summed E-state index contributed by atoms with van der Waals surface area (Å²) in [7, 11) is 0. The zero-order valence-corrected chi connectivity index (χ0v) is 9.91. The van der Waals surface area contributed by atoms with Crippen molar-refractivity contribution >= 4 is 5.84 Å². The summed E-state index contributed by atoms with van der Waals surface area (Å²) in [5.41, 5.74) is 5.78. The lowest BCUT2D eigenvalue weighted by atomic mass is 9.96. The molecule has 0 amide bonds. The monoisotopic (exact) mass is 225 g/mol. The number of aliphatic hydroxyl groups excluding tert-OH is 1. The van der Waals surface area contributed by atoms with Gasteiger partial charge in [0.25, 0.3) is 0 Å². The highest BCUT2D eigenvalue weighted by Gasteiger charge is 2.45.